The van der Waals surface area contributed by atoms with Crippen molar-refractivity contribution in [3.8, 4) is 11.5 Å². The van der Waals surface area contributed by atoms with Gasteiger partial charge in [-0.25, -0.2) is 0 Å². The highest BCUT2D eigenvalue weighted by molar-refractivity contribution is 5.42. The molecule has 0 spiro atoms. The Morgan fingerprint density at radius 2 is 1.95 bits per heavy atom. The number of hydrogen-bond donors (Lipinski definition) is 1. The second-order valence-corrected chi connectivity index (χ2v) is 5.27. The topological polar surface area (TPSA) is 47.9 Å². The molecule has 1 saturated heterocycles. The first-order valence-electron chi connectivity index (χ1n) is 7.28. The second-order valence-electron chi connectivity index (χ2n) is 5.27. The fourth-order valence-corrected chi connectivity index (χ4v) is 2.75. The molecule has 4 heteroatoms. The number of phenolic OH excluding ortho intramolecular Hbond substituents is 1. The molecule has 1 N–H and O–H groups in total. The lowest BCUT2D eigenvalue weighted by atomic mass is 9.89. The summed E-state index contributed by atoms with van der Waals surface area (Å²) in [6, 6.07) is 5.40. The van der Waals surface area contributed by atoms with Crippen LogP contribution in [0.1, 0.15) is 45.3 Å². The van der Waals surface area contributed by atoms with E-state index in [4.69, 9.17) is 14.2 Å². The van der Waals surface area contributed by atoms with Gasteiger partial charge in [0.25, 0.3) is 0 Å². The van der Waals surface area contributed by atoms with Gasteiger partial charge in [-0.3, -0.25) is 0 Å². The number of phenols is 1. The Kier molecular flexibility index (Phi) is 4.89. The van der Waals surface area contributed by atoms with Gasteiger partial charge in [0.2, 0.25) is 0 Å². The largest absolute Gasteiger partial charge is 0.504 e. The van der Waals surface area contributed by atoms with Crippen molar-refractivity contribution in [1.29, 1.82) is 0 Å². The average Bonchev–Trinajstić information content (AvgIpc) is 2.48. The Balaban J connectivity index is 2.28. The Morgan fingerprint density at radius 1 is 1.20 bits per heavy atom. The number of ether oxygens (including phenoxy) is 3. The van der Waals surface area contributed by atoms with Crippen LogP contribution in [0.25, 0.3) is 0 Å². The van der Waals surface area contributed by atoms with Gasteiger partial charge in [-0.15, -0.1) is 0 Å². The van der Waals surface area contributed by atoms with E-state index in [2.05, 4.69) is 20.8 Å². The minimum atomic E-state index is -0.166. The summed E-state index contributed by atoms with van der Waals surface area (Å²) < 4.78 is 17.2. The molecule has 0 aliphatic carbocycles. The van der Waals surface area contributed by atoms with Crippen LogP contribution in [0.5, 0.6) is 11.5 Å². The summed E-state index contributed by atoms with van der Waals surface area (Å²) in [6.45, 7) is 6.33. The molecule has 20 heavy (non-hydrogen) atoms. The summed E-state index contributed by atoms with van der Waals surface area (Å²) in [5.74, 6) is 0.887. The van der Waals surface area contributed by atoms with Gasteiger partial charge in [-0.05, 0) is 30.5 Å². The van der Waals surface area contributed by atoms with Crippen LogP contribution in [-0.2, 0) is 9.47 Å². The van der Waals surface area contributed by atoms with Crippen LogP contribution < -0.4 is 4.74 Å². The minimum absolute atomic E-state index is 0.0341. The molecule has 1 aliphatic rings. The van der Waals surface area contributed by atoms with Crippen molar-refractivity contribution in [2.24, 2.45) is 5.92 Å². The molecule has 4 nitrogen and oxygen atoms in total. The number of methoxy groups -OCH3 is 1. The maximum absolute atomic E-state index is 9.71. The van der Waals surface area contributed by atoms with Crippen LogP contribution in [0.15, 0.2) is 18.2 Å². The molecule has 1 aliphatic heterocycles. The zero-order chi connectivity index (χ0) is 14.7. The van der Waals surface area contributed by atoms with Gasteiger partial charge < -0.3 is 19.3 Å². The van der Waals surface area contributed by atoms with Crippen molar-refractivity contribution >= 4 is 0 Å². The normalized spacial score (nSPS) is 30.2. The van der Waals surface area contributed by atoms with Gasteiger partial charge in [0, 0.05) is 5.92 Å². The molecule has 4 atom stereocenters. The molecular weight excluding hydrogens is 256 g/mol. The van der Waals surface area contributed by atoms with Gasteiger partial charge >= 0.3 is 0 Å². The standard InChI is InChI=1S/C16H24O4/c1-5-13-10(3)16(20-15(6-2)19-13)11-7-8-12(17)14(9-11)18-4/h7-10,13,15-17H,5-6H2,1-4H3/t10-,13-,15-,16-/m1/s1. The summed E-state index contributed by atoms with van der Waals surface area (Å²) in [5.41, 5.74) is 1.02. The van der Waals surface area contributed by atoms with Crippen LogP contribution in [0, 0.1) is 5.92 Å². The van der Waals surface area contributed by atoms with E-state index < -0.39 is 0 Å². The number of benzene rings is 1. The smallest absolute Gasteiger partial charge is 0.160 e. The lowest BCUT2D eigenvalue weighted by Crippen LogP contribution is -2.40. The summed E-state index contributed by atoms with van der Waals surface area (Å²) in [6.07, 6.45) is 1.79. The molecule has 1 heterocycles. The highest BCUT2D eigenvalue weighted by Crippen LogP contribution is 2.40. The van der Waals surface area contributed by atoms with Crippen molar-refractivity contribution in [3.63, 3.8) is 0 Å². The minimum Gasteiger partial charge on any atom is -0.504 e. The SMILES string of the molecule is CC[C@@H]1O[C@H](CC)[C@@H](C)[C@H](c2ccc(O)c(OC)c2)O1. The molecule has 1 aromatic carbocycles. The molecule has 1 fully saturated rings. The summed E-state index contributed by atoms with van der Waals surface area (Å²) in [4.78, 5) is 0. The van der Waals surface area contributed by atoms with Gasteiger partial charge in [0.1, 0.15) is 0 Å². The van der Waals surface area contributed by atoms with Crippen molar-refractivity contribution in [2.75, 3.05) is 7.11 Å². The van der Waals surface area contributed by atoms with Gasteiger partial charge in [-0.1, -0.05) is 26.8 Å². The van der Waals surface area contributed by atoms with E-state index in [0.717, 1.165) is 18.4 Å². The van der Waals surface area contributed by atoms with E-state index in [1.807, 2.05) is 12.1 Å². The van der Waals surface area contributed by atoms with Gasteiger partial charge in [0.15, 0.2) is 17.8 Å². The Bertz CT molecular complexity index is 446. The first kappa shape index (κ1) is 15.1. The van der Waals surface area contributed by atoms with Crippen LogP contribution in [0.2, 0.25) is 0 Å². The highest BCUT2D eigenvalue weighted by Gasteiger charge is 2.36. The third-order valence-electron chi connectivity index (χ3n) is 3.96. The third-order valence-corrected chi connectivity index (χ3v) is 3.96. The zero-order valence-corrected chi connectivity index (χ0v) is 12.6. The summed E-state index contributed by atoms with van der Waals surface area (Å²) >= 11 is 0. The summed E-state index contributed by atoms with van der Waals surface area (Å²) in [5, 5.41) is 9.71. The van der Waals surface area contributed by atoms with Gasteiger partial charge in [0.05, 0.1) is 19.3 Å². The molecule has 0 bridgehead atoms. The molecule has 1 aromatic rings. The third kappa shape index (κ3) is 2.91. The predicted molar refractivity (Wildman–Crippen MR) is 76.9 cm³/mol. The first-order valence-corrected chi connectivity index (χ1v) is 7.28. The molecule has 0 amide bonds. The summed E-state index contributed by atoms with van der Waals surface area (Å²) in [7, 11) is 1.55. The molecule has 0 saturated carbocycles. The number of rotatable bonds is 4. The molecule has 112 valence electrons. The van der Waals surface area contributed by atoms with Crippen LogP contribution in [-0.4, -0.2) is 24.6 Å². The quantitative estimate of drug-likeness (QED) is 0.914. The number of aromatic hydroxyl groups is 1. The maximum Gasteiger partial charge on any atom is 0.160 e. The van der Waals surface area contributed by atoms with Crippen LogP contribution in [0.3, 0.4) is 0 Å². The molecule has 0 aromatic heterocycles. The second kappa shape index (κ2) is 6.46. The Labute approximate surface area is 120 Å². The molecule has 0 unspecified atom stereocenters. The van der Waals surface area contributed by atoms with Crippen molar-refractivity contribution in [1.82, 2.24) is 0 Å². The predicted octanol–water partition coefficient (Wildman–Crippen LogP) is 3.64. The molecular formula is C16H24O4. The molecule has 2 rings (SSSR count). The molecule has 0 radical (unpaired) electrons. The van der Waals surface area contributed by atoms with Crippen molar-refractivity contribution in [3.05, 3.63) is 23.8 Å². The lowest BCUT2D eigenvalue weighted by molar-refractivity contribution is -0.269. The van der Waals surface area contributed by atoms with Crippen molar-refractivity contribution in [2.45, 2.75) is 52.1 Å². The Hall–Kier alpha value is -1.26. The fraction of sp³-hybridized carbons (Fsp3) is 0.625. The zero-order valence-electron chi connectivity index (χ0n) is 12.6. The highest BCUT2D eigenvalue weighted by atomic mass is 16.7. The Morgan fingerprint density at radius 3 is 2.55 bits per heavy atom. The van der Waals surface area contributed by atoms with E-state index in [1.165, 1.54) is 0 Å². The first-order chi connectivity index (χ1) is 9.60. The van der Waals surface area contributed by atoms with E-state index in [-0.39, 0.29) is 30.2 Å². The average molecular weight is 280 g/mol. The van der Waals surface area contributed by atoms with Gasteiger partial charge in [-0.2, -0.15) is 0 Å². The van der Waals surface area contributed by atoms with E-state index >= 15 is 0 Å². The fourth-order valence-electron chi connectivity index (χ4n) is 2.75. The maximum atomic E-state index is 9.71. The van der Waals surface area contributed by atoms with Crippen molar-refractivity contribution < 1.29 is 19.3 Å². The lowest BCUT2D eigenvalue weighted by Gasteiger charge is -2.40. The monoisotopic (exact) mass is 280 g/mol. The van der Waals surface area contributed by atoms with Crippen LogP contribution >= 0.6 is 0 Å². The van der Waals surface area contributed by atoms with E-state index in [9.17, 15) is 5.11 Å². The number of hydrogen-bond acceptors (Lipinski definition) is 4. The van der Waals surface area contributed by atoms with E-state index in [0.29, 0.717) is 5.75 Å². The van der Waals surface area contributed by atoms with E-state index in [1.54, 1.807) is 13.2 Å². The van der Waals surface area contributed by atoms with Crippen LogP contribution in [0.4, 0.5) is 0 Å².